The first kappa shape index (κ1) is 29.4. The van der Waals surface area contributed by atoms with Crippen molar-refractivity contribution in [2.24, 2.45) is 0 Å². The highest BCUT2D eigenvalue weighted by Crippen LogP contribution is 2.37. The SMILES string of the molecule is COC1C(C(=O)N(c2cc(Cl)cc(C#N)c2)[C@H]2CCC[C@@H]2O)OC(CO)C(O)C1n1cc(-c2ccc(Cl)cc2)nn1. The number of aliphatic hydroxyl groups is 3. The summed E-state index contributed by atoms with van der Waals surface area (Å²) in [6.07, 6.45) is -2.39. The lowest BCUT2D eigenvalue weighted by atomic mass is 9.91. The zero-order valence-electron chi connectivity index (χ0n) is 22.0. The van der Waals surface area contributed by atoms with E-state index in [0.717, 1.165) is 5.56 Å². The van der Waals surface area contributed by atoms with Gasteiger partial charge in [0.25, 0.3) is 5.91 Å². The zero-order valence-corrected chi connectivity index (χ0v) is 23.6. The lowest BCUT2D eigenvalue weighted by Gasteiger charge is -2.45. The number of carbonyl (C=O) groups is 1. The Morgan fingerprint density at radius 2 is 1.95 bits per heavy atom. The number of amides is 1. The molecule has 0 bridgehead atoms. The lowest BCUT2D eigenvalue weighted by Crippen LogP contribution is -2.62. The molecule has 1 amide bonds. The number of hydrogen-bond donors (Lipinski definition) is 3. The van der Waals surface area contributed by atoms with Gasteiger partial charge in [-0.15, -0.1) is 5.10 Å². The van der Waals surface area contributed by atoms with Crippen molar-refractivity contribution in [3.8, 4) is 17.3 Å². The maximum absolute atomic E-state index is 14.4. The molecule has 3 N–H and O–H groups in total. The number of ether oxygens (including phenoxy) is 2. The highest BCUT2D eigenvalue weighted by Gasteiger charge is 2.52. The molecule has 5 unspecified atom stereocenters. The van der Waals surface area contributed by atoms with Gasteiger partial charge in [-0.25, -0.2) is 4.68 Å². The maximum atomic E-state index is 14.4. The first-order chi connectivity index (χ1) is 19.7. The Morgan fingerprint density at radius 1 is 1.20 bits per heavy atom. The zero-order chi connectivity index (χ0) is 29.3. The van der Waals surface area contributed by atoms with Crippen molar-refractivity contribution < 1.29 is 29.6 Å². The second kappa shape index (κ2) is 12.4. The fraction of sp³-hybridized carbons (Fsp3) is 0.429. The number of aromatic nitrogens is 3. The van der Waals surface area contributed by atoms with Crippen LogP contribution in [0.5, 0.6) is 0 Å². The van der Waals surface area contributed by atoms with E-state index in [1.54, 1.807) is 36.5 Å². The fourth-order valence-corrected chi connectivity index (χ4v) is 6.01. The normalized spacial score (nSPS) is 27.9. The third-order valence-corrected chi connectivity index (χ3v) is 8.11. The Hall–Kier alpha value is -3.08. The van der Waals surface area contributed by atoms with Gasteiger partial charge in [0.1, 0.15) is 30.0 Å². The van der Waals surface area contributed by atoms with Crippen LogP contribution in [0, 0.1) is 11.3 Å². The van der Waals surface area contributed by atoms with Crippen molar-refractivity contribution in [3.05, 3.63) is 64.3 Å². The smallest absolute Gasteiger partial charge is 0.259 e. The van der Waals surface area contributed by atoms with Gasteiger partial charge in [-0.2, -0.15) is 5.26 Å². The average molecular weight is 602 g/mol. The molecule has 11 nitrogen and oxygen atoms in total. The molecule has 41 heavy (non-hydrogen) atoms. The third-order valence-electron chi connectivity index (χ3n) is 7.64. The van der Waals surface area contributed by atoms with Gasteiger partial charge in [-0.3, -0.25) is 4.79 Å². The first-order valence-corrected chi connectivity index (χ1v) is 13.9. The van der Waals surface area contributed by atoms with E-state index in [1.807, 2.05) is 6.07 Å². The van der Waals surface area contributed by atoms with Crippen LogP contribution in [0.2, 0.25) is 10.0 Å². The standard InChI is InChI=1S/C28H29Cl2N5O6/c1-40-26-24(34-13-20(32-33-34)16-5-7-17(29)8-6-16)25(38)23(14-36)41-27(26)28(39)35(21-3-2-4-22(21)37)19-10-15(12-31)9-18(30)11-19/h5-11,13,21-27,36-38H,2-4,14H2,1H3/t21-,22-,23?,24?,25?,26?,27?/m0/s1. The van der Waals surface area contributed by atoms with Crippen LogP contribution >= 0.6 is 23.2 Å². The summed E-state index contributed by atoms with van der Waals surface area (Å²) in [5, 5.41) is 50.9. The molecule has 0 radical (unpaired) electrons. The van der Waals surface area contributed by atoms with Gasteiger partial charge in [0.05, 0.1) is 36.6 Å². The molecular formula is C28H29Cl2N5O6. The Morgan fingerprint density at radius 3 is 2.59 bits per heavy atom. The second-order valence-corrected chi connectivity index (χ2v) is 11.0. The molecule has 2 fully saturated rings. The summed E-state index contributed by atoms with van der Waals surface area (Å²) in [4.78, 5) is 15.8. The molecule has 1 aliphatic heterocycles. The van der Waals surface area contributed by atoms with Crippen LogP contribution in [-0.2, 0) is 14.3 Å². The minimum atomic E-state index is -1.33. The Labute approximate surface area is 246 Å². The number of nitrogens with zero attached hydrogens (tertiary/aromatic N) is 5. The van der Waals surface area contributed by atoms with E-state index < -0.39 is 55.1 Å². The van der Waals surface area contributed by atoms with E-state index in [-0.39, 0.29) is 10.6 Å². The highest BCUT2D eigenvalue weighted by molar-refractivity contribution is 6.31. The molecule has 2 heterocycles. The number of nitriles is 1. The molecule has 13 heteroatoms. The van der Waals surface area contributed by atoms with E-state index in [4.69, 9.17) is 32.7 Å². The van der Waals surface area contributed by atoms with E-state index in [0.29, 0.717) is 35.7 Å². The number of rotatable bonds is 7. The summed E-state index contributed by atoms with van der Waals surface area (Å²) in [7, 11) is 1.38. The highest BCUT2D eigenvalue weighted by atomic mass is 35.5. The fourth-order valence-electron chi connectivity index (χ4n) is 5.65. The van der Waals surface area contributed by atoms with Crippen molar-refractivity contribution in [3.63, 3.8) is 0 Å². The minimum Gasteiger partial charge on any atom is -0.394 e. The van der Waals surface area contributed by atoms with Gasteiger partial charge in [0, 0.05) is 28.4 Å². The summed E-state index contributed by atoms with van der Waals surface area (Å²) < 4.78 is 13.1. The van der Waals surface area contributed by atoms with E-state index in [9.17, 15) is 25.4 Å². The van der Waals surface area contributed by atoms with E-state index in [1.165, 1.54) is 28.8 Å². The number of halogens is 2. The maximum Gasteiger partial charge on any atom is 0.259 e. The minimum absolute atomic E-state index is 0.240. The number of methoxy groups -OCH3 is 1. The first-order valence-electron chi connectivity index (χ1n) is 13.1. The molecule has 1 aliphatic carbocycles. The molecule has 216 valence electrons. The van der Waals surface area contributed by atoms with Crippen LogP contribution in [0.3, 0.4) is 0 Å². The topological polar surface area (TPSA) is 154 Å². The number of anilines is 1. The monoisotopic (exact) mass is 601 g/mol. The van der Waals surface area contributed by atoms with Crippen LogP contribution in [0.25, 0.3) is 11.3 Å². The van der Waals surface area contributed by atoms with Crippen LogP contribution in [0.15, 0.2) is 48.7 Å². The molecule has 1 aromatic heterocycles. The number of carbonyl (C=O) groups excluding carboxylic acids is 1. The summed E-state index contributed by atoms with van der Waals surface area (Å²) >= 11 is 12.3. The van der Waals surface area contributed by atoms with Gasteiger partial charge in [-0.05, 0) is 49.6 Å². The molecule has 0 spiro atoms. The quantitative estimate of drug-likeness (QED) is 0.371. The van der Waals surface area contributed by atoms with E-state index >= 15 is 0 Å². The molecule has 7 atom stereocenters. The van der Waals surface area contributed by atoms with Crippen molar-refractivity contribution in [1.82, 2.24) is 15.0 Å². The van der Waals surface area contributed by atoms with Crippen molar-refractivity contribution in [2.45, 2.75) is 61.9 Å². The molecule has 1 saturated heterocycles. The summed E-state index contributed by atoms with van der Waals surface area (Å²) in [5.41, 5.74) is 1.79. The third kappa shape index (κ3) is 5.82. The molecule has 3 aromatic rings. The van der Waals surface area contributed by atoms with Gasteiger partial charge < -0.3 is 29.7 Å². The van der Waals surface area contributed by atoms with E-state index in [2.05, 4.69) is 10.3 Å². The molecular weight excluding hydrogens is 573 g/mol. The molecule has 5 rings (SSSR count). The van der Waals surface area contributed by atoms with Crippen LogP contribution in [-0.4, -0.2) is 86.5 Å². The van der Waals surface area contributed by atoms with Crippen LogP contribution in [0.1, 0.15) is 30.9 Å². The largest absolute Gasteiger partial charge is 0.394 e. The summed E-state index contributed by atoms with van der Waals surface area (Å²) in [5.74, 6) is -0.581. The number of benzene rings is 2. The number of hydrogen-bond acceptors (Lipinski definition) is 9. The van der Waals surface area contributed by atoms with Crippen molar-refractivity contribution in [2.75, 3.05) is 18.6 Å². The van der Waals surface area contributed by atoms with Gasteiger partial charge in [-0.1, -0.05) is 40.5 Å². The average Bonchev–Trinajstić information content (AvgIpc) is 3.62. The van der Waals surface area contributed by atoms with Gasteiger partial charge >= 0.3 is 0 Å². The van der Waals surface area contributed by atoms with Gasteiger partial charge in [0.2, 0.25) is 0 Å². The Balaban J connectivity index is 1.54. The summed E-state index contributed by atoms with van der Waals surface area (Å²) in [6.45, 7) is -0.585. The second-order valence-electron chi connectivity index (χ2n) is 10.1. The summed E-state index contributed by atoms with van der Waals surface area (Å²) in [6, 6.07) is 12.0. The Kier molecular flexibility index (Phi) is 8.91. The van der Waals surface area contributed by atoms with Gasteiger partial charge in [0.15, 0.2) is 6.10 Å². The Bertz CT molecular complexity index is 1430. The molecule has 2 aromatic carbocycles. The predicted octanol–water partition coefficient (Wildman–Crippen LogP) is 2.75. The van der Waals surface area contributed by atoms with Crippen molar-refractivity contribution in [1.29, 1.82) is 5.26 Å². The van der Waals surface area contributed by atoms with Crippen LogP contribution in [0.4, 0.5) is 5.69 Å². The number of aliphatic hydroxyl groups excluding tert-OH is 3. The predicted molar refractivity (Wildman–Crippen MR) is 149 cm³/mol. The van der Waals surface area contributed by atoms with Crippen molar-refractivity contribution >= 4 is 34.8 Å². The van der Waals surface area contributed by atoms with Crippen LogP contribution < -0.4 is 4.90 Å². The lowest BCUT2D eigenvalue weighted by molar-refractivity contribution is -0.211. The molecule has 1 saturated carbocycles. The molecule has 2 aliphatic rings.